The van der Waals surface area contributed by atoms with Crippen molar-refractivity contribution in [2.45, 2.75) is 11.2 Å². The second-order valence-corrected chi connectivity index (χ2v) is 11.2. The first-order chi connectivity index (χ1) is 16.6. The summed E-state index contributed by atoms with van der Waals surface area (Å²) in [5.41, 5.74) is 5.45. The van der Waals surface area contributed by atoms with Gasteiger partial charge in [-0.05, 0) is 81.7 Å². The van der Waals surface area contributed by atoms with Crippen LogP contribution in [0.15, 0.2) is 71.8 Å². The van der Waals surface area contributed by atoms with Crippen LogP contribution in [0, 0.1) is 9.39 Å². The summed E-state index contributed by atoms with van der Waals surface area (Å²) in [4.78, 5) is 12.0. The SMILES string of the molecule is O=C(COc1ccc(C2SCCS2)cc1)N/N=C\c1ccc(OCc2ccc(F)cc2)c(I)c1. The summed E-state index contributed by atoms with van der Waals surface area (Å²) < 4.78 is 25.8. The number of hydrogen-bond donors (Lipinski definition) is 1. The lowest BCUT2D eigenvalue weighted by atomic mass is 10.2. The van der Waals surface area contributed by atoms with Crippen LogP contribution in [0.1, 0.15) is 21.3 Å². The van der Waals surface area contributed by atoms with Gasteiger partial charge in [0.15, 0.2) is 6.61 Å². The highest BCUT2D eigenvalue weighted by molar-refractivity contribution is 14.1. The van der Waals surface area contributed by atoms with Gasteiger partial charge in [-0.1, -0.05) is 24.3 Å². The number of nitrogens with one attached hydrogen (secondary N) is 1. The molecule has 0 spiro atoms. The molecule has 1 heterocycles. The zero-order valence-electron chi connectivity index (χ0n) is 18.1. The monoisotopic (exact) mass is 608 g/mol. The highest BCUT2D eigenvalue weighted by Crippen LogP contribution is 2.45. The Morgan fingerprint density at radius 1 is 1.06 bits per heavy atom. The fourth-order valence-electron chi connectivity index (χ4n) is 3.09. The summed E-state index contributed by atoms with van der Waals surface area (Å²) in [5, 5.41) is 4.00. The van der Waals surface area contributed by atoms with Gasteiger partial charge in [-0.15, -0.1) is 23.5 Å². The van der Waals surface area contributed by atoms with Crippen molar-refractivity contribution in [1.29, 1.82) is 0 Å². The lowest BCUT2D eigenvalue weighted by Crippen LogP contribution is -2.24. The highest BCUT2D eigenvalue weighted by Gasteiger charge is 2.18. The van der Waals surface area contributed by atoms with Crippen LogP contribution in [-0.2, 0) is 11.4 Å². The molecule has 0 unspecified atom stereocenters. The standard InChI is InChI=1S/C25H22FIN2O3S2/c26-20-6-1-17(2-7-20)15-32-23-10-3-18(13-22(23)27)14-28-29-24(30)16-31-21-8-4-19(5-9-21)25-33-11-12-34-25/h1-10,13-14,25H,11-12,15-16H2,(H,29,30)/b28-14-. The van der Waals surface area contributed by atoms with Gasteiger partial charge in [0.25, 0.3) is 5.91 Å². The minimum absolute atomic E-state index is 0.114. The average Bonchev–Trinajstić information content (AvgIpc) is 3.39. The molecule has 1 saturated heterocycles. The maximum atomic E-state index is 13.0. The summed E-state index contributed by atoms with van der Waals surface area (Å²) in [6.45, 7) is 0.234. The van der Waals surface area contributed by atoms with Crippen molar-refractivity contribution < 1.29 is 18.7 Å². The number of carbonyl (C=O) groups excluding carboxylic acids is 1. The predicted molar refractivity (Wildman–Crippen MR) is 145 cm³/mol. The third kappa shape index (κ3) is 7.38. The molecule has 1 aliphatic heterocycles. The Kier molecular flexibility index (Phi) is 9.11. The Balaban J connectivity index is 1.21. The molecule has 1 N–H and O–H groups in total. The number of ether oxygens (including phenoxy) is 2. The number of benzene rings is 3. The van der Waals surface area contributed by atoms with Crippen molar-refractivity contribution in [3.8, 4) is 11.5 Å². The summed E-state index contributed by atoms with van der Waals surface area (Å²) in [5.74, 6) is 3.13. The third-order valence-electron chi connectivity index (χ3n) is 4.81. The fourth-order valence-corrected chi connectivity index (χ4v) is 6.64. The van der Waals surface area contributed by atoms with E-state index in [0.29, 0.717) is 16.9 Å². The molecule has 0 aromatic heterocycles. The highest BCUT2D eigenvalue weighted by atomic mass is 127. The van der Waals surface area contributed by atoms with E-state index in [1.807, 2.05) is 53.9 Å². The number of carbonyl (C=O) groups is 1. The van der Waals surface area contributed by atoms with Crippen molar-refractivity contribution in [2.24, 2.45) is 5.10 Å². The van der Waals surface area contributed by atoms with Crippen LogP contribution in [0.4, 0.5) is 4.39 Å². The molecule has 1 amide bonds. The molecule has 4 rings (SSSR count). The van der Waals surface area contributed by atoms with E-state index in [4.69, 9.17) is 9.47 Å². The first-order valence-corrected chi connectivity index (χ1v) is 13.7. The lowest BCUT2D eigenvalue weighted by molar-refractivity contribution is -0.123. The van der Waals surface area contributed by atoms with Crippen molar-refractivity contribution >= 4 is 58.2 Å². The van der Waals surface area contributed by atoms with Gasteiger partial charge in [0.05, 0.1) is 14.4 Å². The maximum absolute atomic E-state index is 13.0. The number of thioether (sulfide) groups is 2. The summed E-state index contributed by atoms with van der Waals surface area (Å²) in [6.07, 6.45) is 1.57. The summed E-state index contributed by atoms with van der Waals surface area (Å²) in [7, 11) is 0. The van der Waals surface area contributed by atoms with Crippen LogP contribution in [-0.4, -0.2) is 30.2 Å². The minimum Gasteiger partial charge on any atom is -0.488 e. The van der Waals surface area contributed by atoms with Gasteiger partial charge in [0.2, 0.25) is 0 Å². The molecule has 9 heteroatoms. The number of amides is 1. The van der Waals surface area contributed by atoms with Crippen LogP contribution in [0.2, 0.25) is 0 Å². The predicted octanol–water partition coefficient (Wildman–Crippen LogP) is 6.02. The number of halogens is 2. The number of nitrogens with zero attached hydrogens (tertiary/aromatic N) is 1. The van der Waals surface area contributed by atoms with Crippen molar-refractivity contribution in [1.82, 2.24) is 5.43 Å². The van der Waals surface area contributed by atoms with Crippen LogP contribution in [0.3, 0.4) is 0 Å². The molecule has 3 aromatic rings. The largest absolute Gasteiger partial charge is 0.488 e. The molecule has 34 heavy (non-hydrogen) atoms. The molecular formula is C25H22FIN2O3S2. The van der Waals surface area contributed by atoms with Gasteiger partial charge in [0.1, 0.15) is 23.9 Å². The average molecular weight is 608 g/mol. The van der Waals surface area contributed by atoms with Crippen LogP contribution >= 0.6 is 46.1 Å². The molecule has 0 aliphatic carbocycles. The Labute approximate surface area is 220 Å². The molecule has 0 bridgehead atoms. The Morgan fingerprint density at radius 2 is 1.79 bits per heavy atom. The smallest absolute Gasteiger partial charge is 0.277 e. The molecule has 5 nitrogen and oxygen atoms in total. The van der Waals surface area contributed by atoms with Crippen molar-refractivity contribution in [3.05, 3.63) is 92.8 Å². The van der Waals surface area contributed by atoms with Crippen LogP contribution in [0.25, 0.3) is 0 Å². The first-order valence-electron chi connectivity index (χ1n) is 10.5. The molecule has 0 radical (unpaired) electrons. The molecule has 0 saturated carbocycles. The van der Waals surface area contributed by atoms with Crippen molar-refractivity contribution in [3.63, 3.8) is 0 Å². The van der Waals surface area contributed by atoms with Gasteiger partial charge in [-0.2, -0.15) is 5.10 Å². The Hall–Kier alpha value is -2.24. The first kappa shape index (κ1) is 24.9. The van der Waals surface area contributed by atoms with Gasteiger partial charge >= 0.3 is 0 Å². The molecule has 176 valence electrons. The summed E-state index contributed by atoms with van der Waals surface area (Å²) in [6, 6.07) is 19.7. The molecule has 3 aromatic carbocycles. The van der Waals surface area contributed by atoms with Gasteiger partial charge in [-0.3, -0.25) is 4.79 Å². The second-order valence-electron chi connectivity index (χ2n) is 7.33. The number of rotatable bonds is 9. The Bertz CT molecular complexity index is 1140. The van der Waals surface area contributed by atoms with E-state index in [2.05, 4.69) is 45.3 Å². The quantitative estimate of drug-likeness (QED) is 0.183. The van der Waals surface area contributed by atoms with Gasteiger partial charge in [-0.25, -0.2) is 9.82 Å². The molecule has 0 atom stereocenters. The van der Waals surface area contributed by atoms with E-state index in [1.165, 1.54) is 29.2 Å². The topological polar surface area (TPSA) is 59.9 Å². The fraction of sp³-hybridized carbons (Fsp3) is 0.200. The number of hydrogen-bond acceptors (Lipinski definition) is 6. The van der Waals surface area contributed by atoms with E-state index >= 15 is 0 Å². The Morgan fingerprint density at radius 3 is 2.50 bits per heavy atom. The van der Waals surface area contributed by atoms with E-state index in [0.717, 1.165) is 20.4 Å². The maximum Gasteiger partial charge on any atom is 0.277 e. The molecule has 1 fully saturated rings. The van der Waals surface area contributed by atoms with Crippen LogP contribution < -0.4 is 14.9 Å². The normalized spacial score (nSPS) is 13.8. The molecular weight excluding hydrogens is 586 g/mol. The zero-order chi connectivity index (χ0) is 23.8. The van der Waals surface area contributed by atoms with E-state index in [-0.39, 0.29) is 18.3 Å². The third-order valence-corrected chi connectivity index (χ3v) is 8.76. The lowest BCUT2D eigenvalue weighted by Gasteiger charge is -2.10. The van der Waals surface area contributed by atoms with Crippen molar-refractivity contribution in [2.75, 3.05) is 18.1 Å². The van der Waals surface area contributed by atoms with Gasteiger partial charge < -0.3 is 9.47 Å². The molecule has 1 aliphatic rings. The van der Waals surface area contributed by atoms with E-state index < -0.39 is 0 Å². The minimum atomic E-state index is -0.337. The zero-order valence-corrected chi connectivity index (χ0v) is 21.9. The van der Waals surface area contributed by atoms with E-state index in [1.54, 1.807) is 18.3 Å². The summed E-state index contributed by atoms with van der Waals surface area (Å²) >= 11 is 6.08. The van der Waals surface area contributed by atoms with Gasteiger partial charge in [0, 0.05) is 11.5 Å². The number of hydrazone groups is 1. The second kappa shape index (κ2) is 12.5. The van der Waals surface area contributed by atoms with E-state index in [9.17, 15) is 9.18 Å². The van der Waals surface area contributed by atoms with Crippen LogP contribution in [0.5, 0.6) is 11.5 Å².